The van der Waals surface area contributed by atoms with Gasteiger partial charge in [0.1, 0.15) is 6.04 Å². The van der Waals surface area contributed by atoms with Gasteiger partial charge in [0.05, 0.1) is 12.7 Å². The second-order valence-corrected chi connectivity index (χ2v) is 6.16. The molecular formula is C17H24F3N4O3+. The summed E-state index contributed by atoms with van der Waals surface area (Å²) in [4.78, 5) is 36.0. The number of quaternary nitrogens is 1. The molecule has 10 heteroatoms. The molecular weight excluding hydrogens is 365 g/mol. The summed E-state index contributed by atoms with van der Waals surface area (Å²) in [6.07, 6.45) is 0.771. The van der Waals surface area contributed by atoms with Crippen LogP contribution in [-0.2, 0) is 14.4 Å². The molecule has 0 saturated carbocycles. The molecule has 1 aromatic rings. The Morgan fingerprint density at radius 2 is 1.70 bits per heavy atom. The molecule has 0 aliphatic heterocycles. The molecule has 3 amide bonds. The Hall–Kier alpha value is -2.62. The lowest BCUT2D eigenvalue weighted by atomic mass is 10.2. The van der Waals surface area contributed by atoms with Crippen molar-refractivity contribution in [3.8, 4) is 0 Å². The van der Waals surface area contributed by atoms with Gasteiger partial charge in [0, 0.05) is 6.54 Å². The number of halogens is 3. The van der Waals surface area contributed by atoms with E-state index in [1.807, 2.05) is 6.92 Å². The summed E-state index contributed by atoms with van der Waals surface area (Å²) in [6, 6.07) is 0.884. The van der Waals surface area contributed by atoms with E-state index in [2.05, 4.69) is 16.0 Å². The van der Waals surface area contributed by atoms with Gasteiger partial charge in [0.25, 0.3) is 11.8 Å². The third kappa shape index (κ3) is 7.26. The highest BCUT2D eigenvalue weighted by Crippen LogP contribution is 2.19. The molecule has 0 saturated heterocycles. The minimum absolute atomic E-state index is 0.112. The summed E-state index contributed by atoms with van der Waals surface area (Å²) < 4.78 is 39.6. The zero-order valence-corrected chi connectivity index (χ0v) is 15.4. The number of carbonyl (C=O) groups excluding carboxylic acids is 3. The van der Waals surface area contributed by atoms with Gasteiger partial charge in [-0.3, -0.25) is 14.4 Å². The van der Waals surface area contributed by atoms with Gasteiger partial charge in [0.15, 0.2) is 30.5 Å². The van der Waals surface area contributed by atoms with E-state index in [-0.39, 0.29) is 19.0 Å². The molecule has 0 radical (unpaired) electrons. The molecule has 4 N–H and O–H groups in total. The maximum absolute atomic E-state index is 13.5. The molecule has 2 atom stereocenters. The first-order chi connectivity index (χ1) is 12.6. The molecule has 0 heterocycles. The Bertz CT molecular complexity index is 700. The maximum Gasteiger partial charge on any atom is 0.279 e. The van der Waals surface area contributed by atoms with E-state index in [0.717, 1.165) is 12.5 Å². The van der Waals surface area contributed by atoms with Crippen LogP contribution in [0.5, 0.6) is 0 Å². The minimum atomic E-state index is -1.68. The maximum atomic E-state index is 13.5. The van der Waals surface area contributed by atoms with Gasteiger partial charge in [-0.05, 0) is 25.5 Å². The number of likely N-dealkylation sites (N-methyl/N-ethyl adjacent to an activating group) is 1. The molecule has 1 aromatic carbocycles. The standard InChI is InChI=1S/C17H23F3N4O3/c1-4-7-21-17(27)10(2)22-13(25)8-24(3)9-14(26)23-12-6-5-11(18)15(19)16(12)20/h5-6,10H,4,7-9H2,1-3H3,(H,21,27)(H,22,25)(H,23,26)/p+1/t10-/m0/s1. The zero-order valence-electron chi connectivity index (χ0n) is 15.4. The van der Waals surface area contributed by atoms with E-state index in [9.17, 15) is 27.6 Å². The first kappa shape index (κ1) is 22.4. The smallest absolute Gasteiger partial charge is 0.279 e. The number of hydrogen-bond acceptors (Lipinski definition) is 3. The monoisotopic (exact) mass is 389 g/mol. The summed E-state index contributed by atoms with van der Waals surface area (Å²) in [5, 5.41) is 7.28. The van der Waals surface area contributed by atoms with E-state index < -0.39 is 41.0 Å². The van der Waals surface area contributed by atoms with Crippen LogP contribution in [0.2, 0.25) is 0 Å². The minimum Gasteiger partial charge on any atom is -0.354 e. The van der Waals surface area contributed by atoms with Gasteiger partial charge in [-0.25, -0.2) is 13.2 Å². The normalized spacial score (nSPS) is 12.8. The van der Waals surface area contributed by atoms with Gasteiger partial charge in [-0.2, -0.15) is 0 Å². The molecule has 7 nitrogen and oxygen atoms in total. The van der Waals surface area contributed by atoms with Crippen LogP contribution in [0.25, 0.3) is 0 Å². The largest absolute Gasteiger partial charge is 0.354 e. The first-order valence-electron chi connectivity index (χ1n) is 8.47. The van der Waals surface area contributed by atoms with Crippen LogP contribution in [0.4, 0.5) is 18.9 Å². The van der Waals surface area contributed by atoms with Gasteiger partial charge in [-0.15, -0.1) is 0 Å². The van der Waals surface area contributed by atoms with Gasteiger partial charge < -0.3 is 20.9 Å². The van der Waals surface area contributed by atoms with Crippen LogP contribution in [0.3, 0.4) is 0 Å². The van der Waals surface area contributed by atoms with Crippen LogP contribution in [0.15, 0.2) is 12.1 Å². The van der Waals surface area contributed by atoms with Crippen molar-refractivity contribution in [3.05, 3.63) is 29.6 Å². The quantitative estimate of drug-likeness (QED) is 0.433. The predicted octanol–water partition coefficient (Wildman–Crippen LogP) is -0.412. The van der Waals surface area contributed by atoms with Crippen LogP contribution in [0.1, 0.15) is 20.3 Å². The predicted molar refractivity (Wildman–Crippen MR) is 92.5 cm³/mol. The number of benzene rings is 1. The Labute approximate surface area is 155 Å². The van der Waals surface area contributed by atoms with Crippen molar-refractivity contribution in [1.82, 2.24) is 10.6 Å². The fourth-order valence-corrected chi connectivity index (χ4v) is 2.19. The van der Waals surface area contributed by atoms with Gasteiger partial charge in [-0.1, -0.05) is 6.92 Å². The number of carbonyl (C=O) groups is 3. The molecule has 0 fully saturated rings. The van der Waals surface area contributed by atoms with Crippen LogP contribution in [-0.4, -0.2) is 50.4 Å². The molecule has 1 unspecified atom stereocenters. The lowest BCUT2D eigenvalue weighted by molar-refractivity contribution is -0.862. The number of hydrogen-bond donors (Lipinski definition) is 4. The van der Waals surface area contributed by atoms with Crippen LogP contribution in [0, 0.1) is 17.5 Å². The van der Waals surface area contributed by atoms with E-state index in [4.69, 9.17) is 0 Å². The summed E-state index contributed by atoms with van der Waals surface area (Å²) in [6.45, 7) is 3.61. The van der Waals surface area contributed by atoms with Crippen molar-refractivity contribution in [3.63, 3.8) is 0 Å². The highest BCUT2D eigenvalue weighted by atomic mass is 19.2. The molecule has 0 bridgehead atoms. The van der Waals surface area contributed by atoms with Crippen LogP contribution >= 0.6 is 0 Å². The van der Waals surface area contributed by atoms with Gasteiger partial charge >= 0.3 is 0 Å². The van der Waals surface area contributed by atoms with Crippen molar-refractivity contribution in [2.75, 3.05) is 32.0 Å². The topological polar surface area (TPSA) is 91.7 Å². The Morgan fingerprint density at radius 1 is 1.07 bits per heavy atom. The molecule has 27 heavy (non-hydrogen) atoms. The number of anilines is 1. The lowest BCUT2D eigenvalue weighted by Crippen LogP contribution is -3.11. The first-order valence-corrected chi connectivity index (χ1v) is 8.47. The van der Waals surface area contributed by atoms with E-state index >= 15 is 0 Å². The second kappa shape index (κ2) is 10.5. The van der Waals surface area contributed by atoms with Crippen LogP contribution < -0.4 is 20.9 Å². The molecule has 150 valence electrons. The van der Waals surface area contributed by atoms with Crippen molar-refractivity contribution in [2.45, 2.75) is 26.3 Å². The third-order valence-electron chi connectivity index (χ3n) is 3.55. The fourth-order valence-electron chi connectivity index (χ4n) is 2.19. The average Bonchev–Trinajstić information content (AvgIpc) is 2.59. The third-order valence-corrected chi connectivity index (χ3v) is 3.55. The second-order valence-electron chi connectivity index (χ2n) is 6.16. The highest BCUT2D eigenvalue weighted by Gasteiger charge is 2.20. The average molecular weight is 389 g/mol. The summed E-state index contributed by atoms with van der Waals surface area (Å²) in [7, 11) is 1.54. The molecule has 1 rings (SSSR count). The number of rotatable bonds is 9. The summed E-state index contributed by atoms with van der Waals surface area (Å²) >= 11 is 0. The Morgan fingerprint density at radius 3 is 2.33 bits per heavy atom. The van der Waals surface area contributed by atoms with E-state index in [0.29, 0.717) is 17.5 Å². The lowest BCUT2D eigenvalue weighted by Gasteiger charge is -2.17. The van der Waals surface area contributed by atoms with Gasteiger partial charge in [0.2, 0.25) is 5.91 Å². The zero-order chi connectivity index (χ0) is 20.6. The fraction of sp³-hybridized carbons (Fsp3) is 0.471. The molecule has 0 aromatic heterocycles. The molecule has 0 aliphatic carbocycles. The van der Waals surface area contributed by atoms with Crippen molar-refractivity contribution in [1.29, 1.82) is 0 Å². The highest BCUT2D eigenvalue weighted by molar-refractivity contribution is 5.92. The summed E-state index contributed by atoms with van der Waals surface area (Å²) in [5.74, 6) is -5.97. The van der Waals surface area contributed by atoms with E-state index in [1.54, 1.807) is 7.05 Å². The Kier molecular flexibility index (Phi) is 8.73. The van der Waals surface area contributed by atoms with Crippen molar-refractivity contribution < 1.29 is 32.5 Å². The molecule has 0 spiro atoms. The summed E-state index contributed by atoms with van der Waals surface area (Å²) in [5.41, 5.74) is -0.489. The Balaban J connectivity index is 2.48. The van der Waals surface area contributed by atoms with Crippen molar-refractivity contribution >= 4 is 23.4 Å². The van der Waals surface area contributed by atoms with Crippen molar-refractivity contribution in [2.24, 2.45) is 0 Å². The number of nitrogens with one attached hydrogen (secondary N) is 4. The number of amides is 3. The SMILES string of the molecule is CCCNC(=O)[C@H](C)NC(=O)C[NH+](C)CC(=O)Nc1ccc(F)c(F)c1F. The molecule has 0 aliphatic rings. The van der Waals surface area contributed by atoms with E-state index in [1.165, 1.54) is 6.92 Å².